The Morgan fingerprint density at radius 1 is 0.897 bits per heavy atom. The summed E-state index contributed by atoms with van der Waals surface area (Å²) in [7, 11) is 0. The maximum atomic E-state index is 12.8. The van der Waals surface area contributed by atoms with Crippen LogP contribution in [0.25, 0.3) is 11.0 Å². The average molecular weight is 385 g/mol. The van der Waals surface area contributed by atoms with Crippen LogP contribution in [0.1, 0.15) is 29.0 Å². The van der Waals surface area contributed by atoms with Crippen molar-refractivity contribution in [2.24, 2.45) is 5.16 Å². The number of nitrogens with zero attached hydrogens (tertiary/aromatic N) is 1. The molecule has 4 rings (SSSR count). The maximum absolute atomic E-state index is 12.8. The van der Waals surface area contributed by atoms with Gasteiger partial charge in [-0.2, -0.15) is 0 Å². The van der Waals surface area contributed by atoms with E-state index in [1.807, 2.05) is 60.7 Å². The Morgan fingerprint density at radius 2 is 1.52 bits per heavy atom. The molecule has 1 atom stereocenters. The number of hydrogen-bond donors (Lipinski definition) is 2. The molecule has 0 amide bonds. The van der Waals surface area contributed by atoms with E-state index in [9.17, 15) is 15.1 Å². The lowest BCUT2D eigenvalue weighted by Crippen LogP contribution is -2.18. The van der Waals surface area contributed by atoms with Gasteiger partial charge in [-0.1, -0.05) is 78.0 Å². The third-order valence-corrected chi connectivity index (χ3v) is 5.00. The van der Waals surface area contributed by atoms with Crippen molar-refractivity contribution in [3.05, 3.63) is 112 Å². The molecule has 0 radical (unpaired) electrons. The maximum Gasteiger partial charge on any atom is 0.343 e. The lowest BCUT2D eigenvalue weighted by atomic mass is 9.85. The smallest absolute Gasteiger partial charge is 0.343 e. The minimum absolute atomic E-state index is 0.115. The summed E-state index contributed by atoms with van der Waals surface area (Å²) in [6.07, 6.45) is 0.210. The van der Waals surface area contributed by atoms with Gasteiger partial charge < -0.3 is 14.7 Å². The fourth-order valence-corrected chi connectivity index (χ4v) is 3.57. The molecule has 0 aliphatic rings. The SMILES string of the molecule is O=c1oc2ccccc2c(O)c1[C@H](C/C(=N/O)c1ccccc1)c1ccccc1. The minimum atomic E-state index is -0.611. The Morgan fingerprint density at radius 3 is 2.21 bits per heavy atom. The zero-order chi connectivity index (χ0) is 20.2. The zero-order valence-electron chi connectivity index (χ0n) is 15.5. The fraction of sp³-hybridized carbons (Fsp3) is 0.0833. The molecule has 2 N–H and O–H groups in total. The van der Waals surface area contributed by atoms with Gasteiger partial charge in [0.05, 0.1) is 16.7 Å². The van der Waals surface area contributed by atoms with Crippen LogP contribution in [0.5, 0.6) is 5.75 Å². The standard InChI is InChI=1S/C24H19NO4/c26-23-18-13-7-8-14-21(18)29-24(27)22(23)19(16-9-3-1-4-10-16)15-20(25-28)17-11-5-2-6-12-17/h1-14,19,26,28H,15H2/b25-20-/t19-/m1/s1. The number of aromatic hydroxyl groups is 1. The first kappa shape index (κ1) is 18.5. The summed E-state index contributed by atoms with van der Waals surface area (Å²) in [5, 5.41) is 24.5. The Labute approximate surface area is 167 Å². The van der Waals surface area contributed by atoms with Crippen LogP contribution in [0.3, 0.4) is 0 Å². The molecule has 5 nitrogen and oxygen atoms in total. The molecule has 0 unspecified atom stereocenters. The molecule has 1 aromatic heterocycles. The number of hydrogen-bond acceptors (Lipinski definition) is 5. The molecule has 0 aliphatic heterocycles. The molecule has 0 saturated carbocycles. The van der Waals surface area contributed by atoms with Crippen LogP contribution < -0.4 is 5.63 Å². The van der Waals surface area contributed by atoms with Crippen LogP contribution in [0.15, 0.2) is 99.3 Å². The summed E-state index contributed by atoms with van der Waals surface area (Å²) in [5.41, 5.74) is 1.81. The van der Waals surface area contributed by atoms with Gasteiger partial charge in [-0.05, 0) is 23.3 Å². The van der Waals surface area contributed by atoms with Crippen molar-refractivity contribution >= 4 is 16.7 Å². The molecule has 0 saturated heterocycles. The lowest BCUT2D eigenvalue weighted by molar-refractivity contribution is 0.317. The van der Waals surface area contributed by atoms with Crippen LogP contribution in [0.2, 0.25) is 0 Å². The van der Waals surface area contributed by atoms with E-state index >= 15 is 0 Å². The topological polar surface area (TPSA) is 83.0 Å². The fourth-order valence-electron chi connectivity index (χ4n) is 3.57. The molecule has 1 heterocycles. The molecule has 0 aliphatic carbocycles. The van der Waals surface area contributed by atoms with Crippen molar-refractivity contribution in [2.75, 3.05) is 0 Å². The highest BCUT2D eigenvalue weighted by Crippen LogP contribution is 2.36. The molecular formula is C24H19NO4. The second-order valence-electron chi connectivity index (χ2n) is 6.73. The number of fused-ring (bicyclic) bond motifs is 1. The van der Waals surface area contributed by atoms with Crippen LogP contribution in [-0.4, -0.2) is 16.0 Å². The van der Waals surface area contributed by atoms with Gasteiger partial charge in [0.25, 0.3) is 0 Å². The first-order valence-corrected chi connectivity index (χ1v) is 9.25. The van der Waals surface area contributed by atoms with E-state index < -0.39 is 11.5 Å². The van der Waals surface area contributed by atoms with Crippen LogP contribution >= 0.6 is 0 Å². The van der Waals surface area contributed by atoms with Crippen molar-refractivity contribution in [1.82, 2.24) is 0 Å². The highest BCUT2D eigenvalue weighted by atomic mass is 16.4. The molecule has 0 bridgehead atoms. The summed E-state index contributed by atoms with van der Waals surface area (Å²) >= 11 is 0. The van der Waals surface area contributed by atoms with Crippen LogP contribution in [0, 0.1) is 0 Å². The predicted molar refractivity (Wildman–Crippen MR) is 112 cm³/mol. The normalized spacial score (nSPS) is 12.8. The van der Waals surface area contributed by atoms with Crippen molar-refractivity contribution in [3.8, 4) is 5.75 Å². The van der Waals surface area contributed by atoms with Gasteiger partial charge in [0.1, 0.15) is 11.3 Å². The van der Waals surface area contributed by atoms with Crippen molar-refractivity contribution in [1.29, 1.82) is 0 Å². The van der Waals surface area contributed by atoms with E-state index in [-0.39, 0.29) is 17.7 Å². The Kier molecular flexibility index (Phi) is 5.12. The number of oxime groups is 1. The highest BCUT2D eigenvalue weighted by Gasteiger charge is 2.26. The largest absolute Gasteiger partial charge is 0.507 e. The molecule has 144 valence electrons. The van der Waals surface area contributed by atoms with Crippen LogP contribution in [-0.2, 0) is 0 Å². The zero-order valence-corrected chi connectivity index (χ0v) is 15.5. The Bertz CT molecular complexity index is 1210. The molecule has 3 aromatic carbocycles. The summed E-state index contributed by atoms with van der Waals surface area (Å²) in [5.74, 6) is -0.667. The number of para-hydroxylation sites is 1. The van der Waals surface area contributed by atoms with Crippen molar-refractivity contribution in [2.45, 2.75) is 12.3 Å². The molecule has 4 aromatic rings. The number of benzene rings is 3. The number of rotatable bonds is 5. The van der Waals surface area contributed by atoms with E-state index in [0.29, 0.717) is 16.7 Å². The highest BCUT2D eigenvalue weighted by molar-refractivity contribution is 6.01. The minimum Gasteiger partial charge on any atom is -0.507 e. The quantitative estimate of drug-likeness (QED) is 0.222. The van der Waals surface area contributed by atoms with E-state index in [1.165, 1.54) is 0 Å². The van der Waals surface area contributed by atoms with E-state index in [1.54, 1.807) is 24.3 Å². The third-order valence-electron chi connectivity index (χ3n) is 5.00. The average Bonchev–Trinajstić information content (AvgIpc) is 2.77. The second-order valence-corrected chi connectivity index (χ2v) is 6.73. The van der Waals surface area contributed by atoms with E-state index in [0.717, 1.165) is 11.1 Å². The molecule has 0 fully saturated rings. The Hall–Kier alpha value is -3.86. The van der Waals surface area contributed by atoms with Gasteiger partial charge in [-0.15, -0.1) is 0 Å². The first-order chi connectivity index (χ1) is 14.2. The van der Waals surface area contributed by atoms with Crippen molar-refractivity contribution in [3.63, 3.8) is 0 Å². The van der Waals surface area contributed by atoms with E-state index in [4.69, 9.17) is 4.42 Å². The Balaban J connectivity index is 1.89. The van der Waals surface area contributed by atoms with Gasteiger partial charge in [-0.3, -0.25) is 0 Å². The summed E-state index contributed by atoms with van der Waals surface area (Å²) in [6.45, 7) is 0. The van der Waals surface area contributed by atoms with Gasteiger partial charge in [0.15, 0.2) is 0 Å². The van der Waals surface area contributed by atoms with Crippen molar-refractivity contribution < 1.29 is 14.7 Å². The van der Waals surface area contributed by atoms with E-state index in [2.05, 4.69) is 5.16 Å². The van der Waals surface area contributed by atoms with Gasteiger partial charge in [0.2, 0.25) is 0 Å². The van der Waals surface area contributed by atoms with Gasteiger partial charge in [-0.25, -0.2) is 4.79 Å². The first-order valence-electron chi connectivity index (χ1n) is 9.25. The van der Waals surface area contributed by atoms with Gasteiger partial charge >= 0.3 is 5.63 Å². The summed E-state index contributed by atoms with van der Waals surface area (Å²) in [4.78, 5) is 12.8. The summed E-state index contributed by atoms with van der Waals surface area (Å²) in [6, 6.07) is 25.4. The molecule has 29 heavy (non-hydrogen) atoms. The molecular weight excluding hydrogens is 366 g/mol. The second kappa shape index (κ2) is 8.02. The predicted octanol–water partition coefficient (Wildman–Crippen LogP) is 4.90. The third kappa shape index (κ3) is 3.62. The molecule has 0 spiro atoms. The van der Waals surface area contributed by atoms with Gasteiger partial charge in [0, 0.05) is 12.3 Å². The molecule has 5 heteroatoms. The lowest BCUT2D eigenvalue weighted by Gasteiger charge is -2.19. The van der Waals surface area contributed by atoms with Crippen LogP contribution in [0.4, 0.5) is 0 Å². The summed E-state index contributed by atoms with van der Waals surface area (Å²) < 4.78 is 5.48. The monoisotopic (exact) mass is 385 g/mol.